The van der Waals surface area contributed by atoms with Crippen LogP contribution in [0.3, 0.4) is 0 Å². The molecule has 58 heavy (non-hydrogen) atoms. The Morgan fingerprint density at radius 1 is 0.362 bits per heavy atom. The first-order chi connectivity index (χ1) is 28.6. The van der Waals surface area contributed by atoms with E-state index in [2.05, 4.69) is 32.9 Å². The van der Waals surface area contributed by atoms with E-state index in [1.807, 2.05) is 0 Å². The normalized spacial score (nSPS) is 12.1. The van der Waals surface area contributed by atoms with Crippen LogP contribution >= 0.6 is 0 Å². The first kappa shape index (κ1) is 56.6. The molecule has 1 atom stereocenters. The fraction of sp³-hybridized carbons (Fsp3) is 0.925. The molecule has 0 rings (SSSR count). The molecule has 5 nitrogen and oxygen atoms in total. The summed E-state index contributed by atoms with van der Waals surface area (Å²) >= 11 is 0. The quantitative estimate of drug-likeness (QED) is 0.0348. The van der Waals surface area contributed by atoms with E-state index < -0.39 is 6.10 Å². The molecule has 0 radical (unpaired) electrons. The molecule has 0 aromatic heterocycles. The Hall–Kier alpha value is -1.36. The number of hydrogen-bond acceptors (Lipinski definition) is 5. The minimum absolute atomic E-state index is 0.0934. The third-order valence-electron chi connectivity index (χ3n) is 11.8. The highest BCUT2D eigenvalue weighted by atomic mass is 16.6. The molecule has 0 aliphatic heterocycles. The molecule has 1 unspecified atom stereocenters. The summed E-state index contributed by atoms with van der Waals surface area (Å²) in [5.41, 5.74) is 0. The lowest BCUT2D eigenvalue weighted by Crippen LogP contribution is -2.30. The topological polar surface area (TPSA) is 61.8 Å². The first-order valence-corrected chi connectivity index (χ1v) is 26.2. The molecule has 0 N–H and O–H groups in total. The lowest BCUT2D eigenvalue weighted by atomic mass is 10.1. The molecule has 0 aromatic rings. The van der Waals surface area contributed by atoms with Gasteiger partial charge >= 0.3 is 11.9 Å². The van der Waals surface area contributed by atoms with Crippen LogP contribution in [0.15, 0.2) is 12.2 Å². The summed E-state index contributed by atoms with van der Waals surface area (Å²) in [6.45, 7) is 7.88. The smallest absolute Gasteiger partial charge is 0.306 e. The fourth-order valence-electron chi connectivity index (χ4n) is 7.86. The summed E-state index contributed by atoms with van der Waals surface area (Å²) in [7, 11) is 0. The SMILES string of the molecule is CCCCCCCC/C=C\CCCCCCCCCCCC(=O)OCC(COCCCCCCCCCCCCCC)OC(=O)CCCCCCCCCCCCC. The molecule has 0 amide bonds. The van der Waals surface area contributed by atoms with E-state index in [-0.39, 0.29) is 18.5 Å². The Morgan fingerprint density at radius 2 is 0.672 bits per heavy atom. The van der Waals surface area contributed by atoms with Crippen molar-refractivity contribution in [3.05, 3.63) is 12.2 Å². The highest BCUT2D eigenvalue weighted by Gasteiger charge is 2.17. The van der Waals surface area contributed by atoms with Crippen molar-refractivity contribution in [2.24, 2.45) is 0 Å². The van der Waals surface area contributed by atoms with Gasteiger partial charge in [0.15, 0.2) is 6.10 Å². The predicted octanol–water partition coefficient (Wildman–Crippen LogP) is 17.5. The van der Waals surface area contributed by atoms with Crippen LogP contribution in [0.1, 0.15) is 290 Å². The van der Waals surface area contributed by atoms with E-state index in [0.29, 0.717) is 26.1 Å². The maximum atomic E-state index is 12.7. The molecule has 0 spiro atoms. The number of hydrogen-bond donors (Lipinski definition) is 0. The second kappa shape index (κ2) is 50.0. The van der Waals surface area contributed by atoms with Crippen LogP contribution < -0.4 is 0 Å². The average molecular weight is 819 g/mol. The summed E-state index contributed by atoms with van der Waals surface area (Å²) in [5, 5.41) is 0. The van der Waals surface area contributed by atoms with E-state index in [1.165, 1.54) is 225 Å². The lowest BCUT2D eigenvalue weighted by molar-refractivity contribution is -0.163. The summed E-state index contributed by atoms with van der Waals surface area (Å²) in [6, 6.07) is 0. The van der Waals surface area contributed by atoms with Gasteiger partial charge in [0.25, 0.3) is 0 Å². The van der Waals surface area contributed by atoms with Crippen LogP contribution in [-0.2, 0) is 23.8 Å². The van der Waals surface area contributed by atoms with E-state index in [4.69, 9.17) is 14.2 Å². The highest BCUT2D eigenvalue weighted by Crippen LogP contribution is 2.16. The second-order valence-corrected chi connectivity index (χ2v) is 17.8. The Kier molecular flexibility index (Phi) is 48.8. The van der Waals surface area contributed by atoms with Crippen molar-refractivity contribution in [2.75, 3.05) is 19.8 Å². The van der Waals surface area contributed by atoms with Gasteiger partial charge in [-0.3, -0.25) is 9.59 Å². The van der Waals surface area contributed by atoms with Gasteiger partial charge in [-0.25, -0.2) is 0 Å². The van der Waals surface area contributed by atoms with E-state index in [9.17, 15) is 9.59 Å². The summed E-state index contributed by atoms with van der Waals surface area (Å²) in [6.07, 6.45) is 56.4. The number of carbonyl (C=O) groups excluding carboxylic acids is 2. The van der Waals surface area contributed by atoms with Crippen molar-refractivity contribution in [1.29, 1.82) is 0 Å². The monoisotopic (exact) mass is 819 g/mol. The van der Waals surface area contributed by atoms with Gasteiger partial charge in [-0.15, -0.1) is 0 Å². The summed E-state index contributed by atoms with van der Waals surface area (Å²) < 4.78 is 17.4. The highest BCUT2D eigenvalue weighted by molar-refractivity contribution is 5.70. The maximum absolute atomic E-state index is 12.7. The van der Waals surface area contributed by atoms with Crippen molar-refractivity contribution >= 4 is 11.9 Å². The number of ether oxygens (including phenoxy) is 3. The molecular weight excluding hydrogens is 717 g/mol. The summed E-state index contributed by atoms with van der Waals surface area (Å²) in [4.78, 5) is 25.3. The van der Waals surface area contributed by atoms with Gasteiger partial charge in [-0.1, -0.05) is 245 Å². The number of rotatable bonds is 49. The second-order valence-electron chi connectivity index (χ2n) is 17.8. The minimum atomic E-state index is -0.525. The van der Waals surface area contributed by atoms with Gasteiger partial charge in [0, 0.05) is 19.4 Å². The van der Waals surface area contributed by atoms with E-state index in [1.54, 1.807) is 0 Å². The van der Waals surface area contributed by atoms with Crippen molar-refractivity contribution < 1.29 is 23.8 Å². The van der Waals surface area contributed by atoms with E-state index >= 15 is 0 Å². The van der Waals surface area contributed by atoms with Crippen LogP contribution in [0.5, 0.6) is 0 Å². The zero-order valence-electron chi connectivity index (χ0n) is 39.6. The van der Waals surface area contributed by atoms with Crippen molar-refractivity contribution in [1.82, 2.24) is 0 Å². The number of allylic oxidation sites excluding steroid dienone is 2. The Labute approximate surface area is 363 Å². The zero-order chi connectivity index (χ0) is 42.1. The predicted molar refractivity (Wildman–Crippen MR) is 252 cm³/mol. The maximum Gasteiger partial charge on any atom is 0.306 e. The van der Waals surface area contributed by atoms with Gasteiger partial charge in [0.05, 0.1) is 6.61 Å². The molecule has 0 saturated heterocycles. The number of carbonyl (C=O) groups is 2. The standard InChI is InChI=1S/C53H102O5/c1-4-7-10-13-16-19-22-24-25-26-27-28-29-30-32-34-37-40-43-46-52(54)57-50-51(49-56-48-45-42-39-36-33-23-20-17-14-11-8-5-2)58-53(55)47-44-41-38-35-31-21-18-15-12-9-6-3/h24-25,51H,4-23,26-50H2,1-3H3/b25-24-. The number of esters is 2. The molecule has 0 aliphatic carbocycles. The molecule has 0 fully saturated rings. The van der Waals surface area contributed by atoms with Crippen LogP contribution in [0.25, 0.3) is 0 Å². The molecule has 344 valence electrons. The molecular formula is C53H102O5. The number of unbranched alkanes of at least 4 members (excludes halogenated alkanes) is 36. The third kappa shape index (κ3) is 47.3. The van der Waals surface area contributed by atoms with Crippen LogP contribution in [0.4, 0.5) is 0 Å². The lowest BCUT2D eigenvalue weighted by Gasteiger charge is -2.18. The molecule has 0 saturated carbocycles. The van der Waals surface area contributed by atoms with Crippen molar-refractivity contribution in [2.45, 2.75) is 297 Å². The average Bonchev–Trinajstić information content (AvgIpc) is 3.22. The molecule has 0 bridgehead atoms. The van der Waals surface area contributed by atoms with Crippen molar-refractivity contribution in [3.63, 3.8) is 0 Å². The van der Waals surface area contributed by atoms with Crippen LogP contribution in [0, 0.1) is 0 Å². The van der Waals surface area contributed by atoms with Gasteiger partial charge in [-0.05, 0) is 44.9 Å². The molecule has 5 heteroatoms. The molecule has 0 aromatic carbocycles. The Morgan fingerprint density at radius 3 is 1.05 bits per heavy atom. The van der Waals surface area contributed by atoms with Crippen molar-refractivity contribution in [3.8, 4) is 0 Å². The van der Waals surface area contributed by atoms with Gasteiger partial charge in [0.1, 0.15) is 6.61 Å². The Balaban J connectivity index is 4.14. The van der Waals surface area contributed by atoms with Crippen LogP contribution in [0.2, 0.25) is 0 Å². The van der Waals surface area contributed by atoms with Gasteiger partial charge in [-0.2, -0.15) is 0 Å². The third-order valence-corrected chi connectivity index (χ3v) is 11.8. The first-order valence-electron chi connectivity index (χ1n) is 26.2. The van der Waals surface area contributed by atoms with Crippen LogP contribution in [-0.4, -0.2) is 37.9 Å². The fourth-order valence-corrected chi connectivity index (χ4v) is 7.86. The largest absolute Gasteiger partial charge is 0.462 e. The van der Waals surface area contributed by atoms with Gasteiger partial charge in [0.2, 0.25) is 0 Å². The molecule has 0 aliphatic rings. The van der Waals surface area contributed by atoms with Gasteiger partial charge < -0.3 is 14.2 Å². The molecule has 0 heterocycles. The summed E-state index contributed by atoms with van der Waals surface area (Å²) in [5.74, 6) is -0.380. The minimum Gasteiger partial charge on any atom is -0.462 e. The zero-order valence-corrected chi connectivity index (χ0v) is 39.6. The Bertz CT molecular complexity index is 840. The van der Waals surface area contributed by atoms with E-state index in [0.717, 1.165) is 32.1 Å².